The molecule has 25 heavy (non-hydrogen) atoms. The molecule has 2 aromatic heterocycles. The van der Waals surface area contributed by atoms with Crippen molar-refractivity contribution in [3.8, 4) is 6.07 Å². The second-order valence-electron chi connectivity index (χ2n) is 5.81. The minimum Gasteiger partial charge on any atom is -0.325 e. The number of hydrogen-bond donors (Lipinski definition) is 2. The smallest absolute Gasteiger partial charge is 0.266 e. The molecule has 0 aliphatic carbocycles. The van der Waals surface area contributed by atoms with E-state index in [0.29, 0.717) is 17.7 Å². The quantitative estimate of drug-likeness (QED) is 0.760. The van der Waals surface area contributed by atoms with Crippen molar-refractivity contribution in [3.63, 3.8) is 0 Å². The molecule has 1 aromatic carbocycles. The van der Waals surface area contributed by atoms with Gasteiger partial charge in [0.15, 0.2) is 0 Å². The Kier molecular flexibility index (Phi) is 4.35. The molecule has 7 nitrogen and oxygen atoms in total. The molecule has 0 saturated heterocycles. The first-order chi connectivity index (χ1) is 12.0. The largest absolute Gasteiger partial charge is 0.325 e. The summed E-state index contributed by atoms with van der Waals surface area (Å²) >= 11 is 0. The van der Waals surface area contributed by atoms with Gasteiger partial charge in [-0.3, -0.25) is 15.0 Å². The highest BCUT2D eigenvalue weighted by Crippen LogP contribution is 2.15. The molecule has 0 atom stereocenters. The molecule has 0 saturated carbocycles. The van der Waals surface area contributed by atoms with Crippen LogP contribution in [0.25, 0.3) is 11.0 Å². The topological polar surface area (TPSA) is 104 Å². The number of aromatic nitrogens is 3. The average Bonchev–Trinajstić information content (AvgIpc) is 2.98. The number of para-hydroxylation sites is 2. The van der Waals surface area contributed by atoms with E-state index >= 15 is 0 Å². The molecule has 0 aliphatic rings. The zero-order chi connectivity index (χ0) is 18.0. The lowest BCUT2D eigenvalue weighted by Crippen LogP contribution is -2.23. The number of pyridine rings is 1. The van der Waals surface area contributed by atoms with Gasteiger partial charge in [0.1, 0.15) is 18.0 Å². The highest BCUT2D eigenvalue weighted by atomic mass is 16.2. The Morgan fingerprint density at radius 1 is 1.36 bits per heavy atom. The summed E-state index contributed by atoms with van der Waals surface area (Å²) in [5.74, 6) is -0.174. The third kappa shape index (κ3) is 3.15. The number of carbonyl (C=O) groups excluding carboxylic acids is 1. The van der Waals surface area contributed by atoms with Gasteiger partial charge in [0, 0.05) is 12.1 Å². The molecular formula is C18H17N5O2. The number of rotatable bonds is 4. The predicted molar refractivity (Wildman–Crippen MR) is 93.7 cm³/mol. The zero-order valence-electron chi connectivity index (χ0n) is 14.0. The minimum absolute atomic E-state index is 0.0987. The van der Waals surface area contributed by atoms with Crippen LogP contribution in [0.5, 0.6) is 0 Å². The van der Waals surface area contributed by atoms with Crippen LogP contribution in [0.3, 0.4) is 0 Å². The first-order valence-electron chi connectivity index (χ1n) is 7.85. The molecule has 0 bridgehead atoms. The molecule has 0 radical (unpaired) electrons. The van der Waals surface area contributed by atoms with Crippen LogP contribution in [0.1, 0.15) is 28.8 Å². The van der Waals surface area contributed by atoms with Gasteiger partial charge in [-0.05, 0) is 43.5 Å². The van der Waals surface area contributed by atoms with Crippen LogP contribution < -0.4 is 11.0 Å². The number of nitriles is 1. The van der Waals surface area contributed by atoms with E-state index in [-0.39, 0.29) is 17.9 Å². The van der Waals surface area contributed by atoms with E-state index in [4.69, 9.17) is 5.26 Å². The van der Waals surface area contributed by atoms with Gasteiger partial charge in [-0.1, -0.05) is 12.1 Å². The molecule has 7 heteroatoms. The summed E-state index contributed by atoms with van der Waals surface area (Å²) in [4.78, 5) is 30.9. The highest BCUT2D eigenvalue weighted by molar-refractivity contribution is 5.86. The molecule has 3 aromatic rings. The lowest BCUT2D eigenvalue weighted by molar-refractivity contribution is -0.117. The van der Waals surface area contributed by atoms with Crippen LogP contribution in [0.4, 0.5) is 0 Å². The SMILES string of the molecule is Cc1[nH]c(=O)c(C#N)c(C)c1CCC(=O)Nn1cnc2ccccc21. The van der Waals surface area contributed by atoms with Gasteiger partial charge in [0.2, 0.25) is 5.91 Å². The van der Waals surface area contributed by atoms with Crippen molar-refractivity contribution in [3.05, 3.63) is 63.3 Å². The summed E-state index contributed by atoms with van der Waals surface area (Å²) < 4.78 is 1.59. The standard InChI is InChI=1S/C18H17N5O2/c1-11-13(12(2)21-18(25)14(11)9-19)7-8-17(24)22-23-10-20-15-5-3-4-6-16(15)23/h3-6,10H,7-8H2,1-2H3,(H,21,25)(H,22,24). The van der Waals surface area contributed by atoms with Gasteiger partial charge in [-0.15, -0.1) is 0 Å². The Balaban J connectivity index is 1.75. The van der Waals surface area contributed by atoms with Crippen molar-refractivity contribution in [2.24, 2.45) is 0 Å². The van der Waals surface area contributed by atoms with Crippen molar-refractivity contribution < 1.29 is 4.79 Å². The third-order valence-corrected chi connectivity index (χ3v) is 4.22. The fourth-order valence-corrected chi connectivity index (χ4v) is 2.90. The maximum Gasteiger partial charge on any atom is 0.266 e. The van der Waals surface area contributed by atoms with Gasteiger partial charge in [-0.25, -0.2) is 9.66 Å². The van der Waals surface area contributed by atoms with Crippen LogP contribution in [0, 0.1) is 25.2 Å². The molecule has 2 heterocycles. The van der Waals surface area contributed by atoms with Gasteiger partial charge in [0.25, 0.3) is 5.56 Å². The van der Waals surface area contributed by atoms with E-state index in [2.05, 4.69) is 15.4 Å². The van der Waals surface area contributed by atoms with Crippen molar-refractivity contribution in [2.75, 3.05) is 5.43 Å². The van der Waals surface area contributed by atoms with Gasteiger partial charge in [0.05, 0.1) is 11.0 Å². The first-order valence-corrected chi connectivity index (χ1v) is 7.85. The number of nitrogens with zero attached hydrogens (tertiary/aromatic N) is 3. The number of imidazole rings is 1. The Bertz CT molecular complexity index is 1060. The van der Waals surface area contributed by atoms with Crippen LogP contribution >= 0.6 is 0 Å². The second kappa shape index (κ2) is 6.61. The Hall–Kier alpha value is -3.40. The van der Waals surface area contributed by atoms with Crippen molar-refractivity contribution in [1.29, 1.82) is 5.26 Å². The fraction of sp³-hybridized carbons (Fsp3) is 0.222. The molecule has 0 unspecified atom stereocenters. The summed E-state index contributed by atoms with van der Waals surface area (Å²) in [6, 6.07) is 9.42. The van der Waals surface area contributed by atoms with E-state index in [1.165, 1.54) is 0 Å². The Labute approximate surface area is 143 Å². The number of H-pyrrole nitrogens is 1. The van der Waals surface area contributed by atoms with Crippen LogP contribution in [-0.2, 0) is 11.2 Å². The molecule has 1 amide bonds. The number of fused-ring (bicyclic) bond motifs is 1. The normalized spacial score (nSPS) is 10.6. The number of benzene rings is 1. The van der Waals surface area contributed by atoms with Crippen molar-refractivity contribution >= 4 is 16.9 Å². The number of hydrogen-bond acceptors (Lipinski definition) is 4. The lowest BCUT2D eigenvalue weighted by atomic mass is 9.99. The van der Waals surface area contributed by atoms with E-state index in [1.54, 1.807) is 24.9 Å². The fourth-order valence-electron chi connectivity index (χ4n) is 2.90. The molecule has 0 aliphatic heterocycles. The number of nitrogens with one attached hydrogen (secondary N) is 2. The van der Waals surface area contributed by atoms with E-state index in [9.17, 15) is 9.59 Å². The second-order valence-corrected chi connectivity index (χ2v) is 5.81. The summed E-state index contributed by atoms with van der Waals surface area (Å²) in [6.45, 7) is 3.50. The zero-order valence-corrected chi connectivity index (χ0v) is 14.0. The maximum atomic E-state index is 12.3. The number of carbonyl (C=O) groups is 1. The number of aryl methyl sites for hydroxylation is 1. The molecule has 0 fully saturated rings. The average molecular weight is 335 g/mol. The maximum absolute atomic E-state index is 12.3. The van der Waals surface area contributed by atoms with Crippen LogP contribution in [-0.4, -0.2) is 20.6 Å². The van der Waals surface area contributed by atoms with Crippen molar-refractivity contribution in [1.82, 2.24) is 14.6 Å². The Morgan fingerprint density at radius 2 is 2.12 bits per heavy atom. The lowest BCUT2D eigenvalue weighted by Gasteiger charge is -2.11. The minimum atomic E-state index is -0.393. The number of aromatic amines is 1. The van der Waals surface area contributed by atoms with E-state index < -0.39 is 5.56 Å². The summed E-state index contributed by atoms with van der Waals surface area (Å²) in [5.41, 5.74) is 6.25. The summed E-state index contributed by atoms with van der Waals surface area (Å²) in [5, 5.41) is 9.10. The van der Waals surface area contributed by atoms with Crippen molar-refractivity contribution in [2.45, 2.75) is 26.7 Å². The highest BCUT2D eigenvalue weighted by Gasteiger charge is 2.14. The monoisotopic (exact) mass is 335 g/mol. The van der Waals surface area contributed by atoms with Gasteiger partial charge < -0.3 is 4.98 Å². The Morgan fingerprint density at radius 3 is 2.88 bits per heavy atom. The van der Waals surface area contributed by atoms with E-state index in [0.717, 1.165) is 16.6 Å². The molecule has 3 rings (SSSR count). The predicted octanol–water partition coefficient (Wildman–Crippen LogP) is 1.92. The van der Waals surface area contributed by atoms with Crippen LogP contribution in [0.15, 0.2) is 35.4 Å². The van der Waals surface area contributed by atoms with Gasteiger partial charge in [-0.2, -0.15) is 5.26 Å². The first kappa shape index (κ1) is 16.5. The molecular weight excluding hydrogens is 318 g/mol. The summed E-state index contributed by atoms with van der Waals surface area (Å²) in [6.07, 6.45) is 2.22. The molecule has 0 spiro atoms. The van der Waals surface area contributed by atoms with Crippen LogP contribution in [0.2, 0.25) is 0 Å². The molecule has 2 N–H and O–H groups in total. The third-order valence-electron chi connectivity index (χ3n) is 4.22. The summed E-state index contributed by atoms with van der Waals surface area (Å²) in [7, 11) is 0. The van der Waals surface area contributed by atoms with Gasteiger partial charge >= 0.3 is 0 Å². The number of amides is 1. The molecule has 126 valence electrons. The van der Waals surface area contributed by atoms with E-state index in [1.807, 2.05) is 30.3 Å².